The van der Waals surface area contributed by atoms with E-state index in [2.05, 4.69) is 20.5 Å². The first-order valence-corrected chi connectivity index (χ1v) is 7.39. The number of nitrogens with zero attached hydrogens (tertiary/aromatic N) is 6. The van der Waals surface area contributed by atoms with E-state index in [-0.39, 0.29) is 18.1 Å². The normalized spacial score (nSPS) is 10.8. The summed E-state index contributed by atoms with van der Waals surface area (Å²) < 4.78 is 21.4. The molecule has 2 heterocycles. The van der Waals surface area contributed by atoms with Crippen LogP contribution in [0.5, 0.6) is 0 Å². The zero-order valence-corrected chi connectivity index (χ0v) is 13.0. The first kappa shape index (κ1) is 15.8. The molecule has 0 fully saturated rings. The number of hydrogen-bond donors (Lipinski definition) is 0. The maximum Gasteiger partial charge on any atom is 0.357 e. The summed E-state index contributed by atoms with van der Waals surface area (Å²) in [5.41, 5.74) is 0.841. The number of ether oxygens (including phenoxy) is 1. The van der Waals surface area contributed by atoms with Gasteiger partial charge in [0, 0.05) is 12.2 Å². The van der Waals surface area contributed by atoms with Gasteiger partial charge in [-0.05, 0) is 41.1 Å². The number of rotatable bonds is 6. The van der Waals surface area contributed by atoms with Crippen LogP contribution in [0.15, 0.2) is 36.8 Å². The van der Waals surface area contributed by atoms with E-state index in [9.17, 15) is 9.18 Å². The van der Waals surface area contributed by atoms with Gasteiger partial charge in [0.2, 0.25) is 0 Å². The number of halogens is 1. The zero-order valence-electron chi connectivity index (χ0n) is 13.0. The lowest BCUT2D eigenvalue weighted by Gasteiger charge is -2.08. The van der Waals surface area contributed by atoms with Gasteiger partial charge in [-0.2, -0.15) is 0 Å². The van der Waals surface area contributed by atoms with Crippen LogP contribution >= 0.6 is 0 Å². The van der Waals surface area contributed by atoms with Crippen LogP contribution in [-0.4, -0.2) is 35.7 Å². The third-order valence-electron chi connectivity index (χ3n) is 3.33. The van der Waals surface area contributed by atoms with Crippen molar-refractivity contribution in [2.45, 2.75) is 26.5 Å². The van der Waals surface area contributed by atoms with Gasteiger partial charge < -0.3 is 4.74 Å². The highest BCUT2D eigenvalue weighted by Crippen LogP contribution is 2.13. The molecule has 0 spiro atoms. The fourth-order valence-electron chi connectivity index (χ4n) is 2.17. The second-order valence-electron chi connectivity index (χ2n) is 5.02. The van der Waals surface area contributed by atoms with Gasteiger partial charge in [-0.3, -0.25) is 4.57 Å². The number of benzene rings is 1. The third-order valence-corrected chi connectivity index (χ3v) is 3.33. The van der Waals surface area contributed by atoms with Gasteiger partial charge in [-0.1, -0.05) is 6.92 Å². The van der Waals surface area contributed by atoms with Gasteiger partial charge >= 0.3 is 5.97 Å². The Hall–Kier alpha value is -3.10. The lowest BCUT2D eigenvalue weighted by molar-refractivity contribution is 0.0447. The molecule has 124 valence electrons. The minimum atomic E-state index is -0.567. The molecule has 0 radical (unpaired) electrons. The Morgan fingerprint density at radius 2 is 2.08 bits per heavy atom. The van der Waals surface area contributed by atoms with Gasteiger partial charge in [0.05, 0.1) is 12.5 Å². The summed E-state index contributed by atoms with van der Waals surface area (Å²) in [7, 11) is 0. The van der Waals surface area contributed by atoms with Crippen molar-refractivity contribution >= 4 is 5.97 Å². The summed E-state index contributed by atoms with van der Waals surface area (Å²) in [4.78, 5) is 16.3. The SMILES string of the molecule is CCCn1nnnc1COC(=O)c1cncn1-c1ccc(F)cc1. The lowest BCUT2D eigenvalue weighted by atomic mass is 10.3. The summed E-state index contributed by atoms with van der Waals surface area (Å²) >= 11 is 0. The molecule has 0 amide bonds. The minimum absolute atomic E-state index is 0.0412. The first-order chi connectivity index (χ1) is 11.7. The summed E-state index contributed by atoms with van der Waals surface area (Å²) in [6.45, 7) is 2.60. The molecule has 9 heteroatoms. The van der Waals surface area contributed by atoms with E-state index in [1.807, 2.05) is 6.92 Å². The molecular weight excluding hydrogens is 315 g/mol. The number of aromatic nitrogens is 6. The molecular formula is C15H15FN6O2. The van der Waals surface area contributed by atoms with E-state index in [0.717, 1.165) is 6.42 Å². The quantitative estimate of drug-likeness (QED) is 0.640. The highest BCUT2D eigenvalue weighted by atomic mass is 19.1. The van der Waals surface area contributed by atoms with E-state index >= 15 is 0 Å². The van der Waals surface area contributed by atoms with Crippen LogP contribution in [0.25, 0.3) is 5.69 Å². The Bertz CT molecular complexity index is 827. The number of carbonyl (C=O) groups is 1. The molecule has 0 aliphatic rings. The number of esters is 1. The van der Waals surface area contributed by atoms with Crippen LogP contribution in [0.4, 0.5) is 4.39 Å². The molecule has 1 aromatic carbocycles. The van der Waals surface area contributed by atoms with Gasteiger partial charge in [-0.15, -0.1) is 5.10 Å². The largest absolute Gasteiger partial charge is 0.453 e. The fourth-order valence-corrected chi connectivity index (χ4v) is 2.17. The predicted octanol–water partition coefficient (Wildman–Crippen LogP) is 1.76. The average Bonchev–Trinajstić information content (AvgIpc) is 3.23. The first-order valence-electron chi connectivity index (χ1n) is 7.39. The van der Waals surface area contributed by atoms with Crippen LogP contribution in [-0.2, 0) is 17.9 Å². The highest BCUT2D eigenvalue weighted by Gasteiger charge is 2.16. The molecule has 0 saturated heterocycles. The van der Waals surface area contributed by atoms with Crippen molar-refractivity contribution in [1.82, 2.24) is 29.8 Å². The average molecular weight is 330 g/mol. The fraction of sp³-hybridized carbons (Fsp3) is 0.267. The van der Waals surface area contributed by atoms with Gasteiger partial charge in [0.1, 0.15) is 5.82 Å². The van der Waals surface area contributed by atoms with Crippen LogP contribution in [0.2, 0.25) is 0 Å². The molecule has 0 saturated carbocycles. The van der Waals surface area contributed by atoms with Crippen molar-refractivity contribution in [2.75, 3.05) is 0 Å². The molecule has 2 aromatic heterocycles. The second-order valence-corrected chi connectivity index (χ2v) is 5.02. The Morgan fingerprint density at radius 3 is 2.83 bits per heavy atom. The molecule has 0 unspecified atom stereocenters. The summed E-state index contributed by atoms with van der Waals surface area (Å²) in [6.07, 6.45) is 3.72. The van der Waals surface area contributed by atoms with Gasteiger partial charge in [0.25, 0.3) is 0 Å². The van der Waals surface area contributed by atoms with Crippen molar-refractivity contribution in [1.29, 1.82) is 0 Å². The highest BCUT2D eigenvalue weighted by molar-refractivity contribution is 5.88. The zero-order chi connectivity index (χ0) is 16.9. The second kappa shape index (κ2) is 6.99. The smallest absolute Gasteiger partial charge is 0.357 e. The van der Waals surface area contributed by atoms with Crippen molar-refractivity contribution in [3.63, 3.8) is 0 Å². The molecule has 0 N–H and O–H groups in total. The minimum Gasteiger partial charge on any atom is -0.453 e. The Labute approximate surface area is 136 Å². The molecule has 0 aliphatic heterocycles. The maximum atomic E-state index is 13.0. The van der Waals surface area contributed by atoms with Crippen molar-refractivity contribution in [3.05, 3.63) is 54.1 Å². The number of carbonyl (C=O) groups excluding carboxylic acids is 1. The molecule has 0 bridgehead atoms. The van der Waals surface area contributed by atoms with Crippen molar-refractivity contribution < 1.29 is 13.9 Å². The molecule has 0 atom stereocenters. The van der Waals surface area contributed by atoms with E-state index in [1.165, 1.54) is 29.2 Å². The Morgan fingerprint density at radius 1 is 1.29 bits per heavy atom. The maximum absolute atomic E-state index is 13.0. The predicted molar refractivity (Wildman–Crippen MR) is 80.7 cm³/mol. The van der Waals surface area contributed by atoms with Crippen molar-refractivity contribution in [3.8, 4) is 5.69 Å². The number of imidazole rings is 1. The molecule has 3 aromatic rings. The number of aryl methyl sites for hydroxylation is 1. The summed E-state index contributed by atoms with van der Waals surface area (Å²) in [5, 5.41) is 11.2. The van der Waals surface area contributed by atoms with Crippen LogP contribution in [0.1, 0.15) is 29.7 Å². The van der Waals surface area contributed by atoms with E-state index in [1.54, 1.807) is 16.8 Å². The molecule has 0 aliphatic carbocycles. The monoisotopic (exact) mass is 330 g/mol. The van der Waals surface area contributed by atoms with Crippen LogP contribution in [0, 0.1) is 5.82 Å². The lowest BCUT2D eigenvalue weighted by Crippen LogP contribution is -2.13. The third kappa shape index (κ3) is 3.29. The van der Waals surface area contributed by atoms with Crippen LogP contribution < -0.4 is 0 Å². The Kier molecular flexibility index (Phi) is 4.59. The Balaban J connectivity index is 1.73. The number of hydrogen-bond acceptors (Lipinski definition) is 6. The standard InChI is InChI=1S/C15H15FN6O2/c1-2-7-22-14(18-19-20-22)9-24-15(23)13-8-17-10-21(13)12-5-3-11(16)4-6-12/h3-6,8,10H,2,7,9H2,1H3. The summed E-state index contributed by atoms with van der Waals surface area (Å²) in [6, 6.07) is 5.72. The topological polar surface area (TPSA) is 87.7 Å². The molecule has 24 heavy (non-hydrogen) atoms. The number of tetrazole rings is 1. The van der Waals surface area contributed by atoms with Crippen molar-refractivity contribution in [2.24, 2.45) is 0 Å². The van der Waals surface area contributed by atoms with Crippen LogP contribution in [0.3, 0.4) is 0 Å². The summed E-state index contributed by atoms with van der Waals surface area (Å²) in [5.74, 6) is -0.452. The molecule has 8 nitrogen and oxygen atoms in total. The van der Waals surface area contributed by atoms with E-state index < -0.39 is 5.97 Å². The van der Waals surface area contributed by atoms with Gasteiger partial charge in [-0.25, -0.2) is 18.9 Å². The molecule has 3 rings (SSSR count). The van der Waals surface area contributed by atoms with Gasteiger partial charge in [0.15, 0.2) is 18.1 Å². The van der Waals surface area contributed by atoms with E-state index in [4.69, 9.17) is 4.74 Å². The van der Waals surface area contributed by atoms with E-state index in [0.29, 0.717) is 18.1 Å².